The van der Waals surface area contributed by atoms with Crippen LogP contribution in [-0.4, -0.2) is 45.7 Å². The lowest BCUT2D eigenvalue weighted by atomic mass is 10.1. The van der Waals surface area contributed by atoms with Crippen LogP contribution in [0.2, 0.25) is 10.2 Å². The highest BCUT2D eigenvalue weighted by Gasteiger charge is 2.31. The van der Waals surface area contributed by atoms with Crippen LogP contribution in [0, 0.1) is 0 Å². The van der Waals surface area contributed by atoms with Crippen molar-refractivity contribution in [3.8, 4) is 28.4 Å². The summed E-state index contributed by atoms with van der Waals surface area (Å²) in [5, 5.41) is 0.159. The zero-order valence-electron chi connectivity index (χ0n) is 15.0. The maximum Gasteiger partial charge on any atom is 0.360 e. The Labute approximate surface area is 161 Å². The molecule has 0 atom stereocenters. The molecule has 1 aromatic heterocycles. The van der Waals surface area contributed by atoms with Crippen molar-refractivity contribution in [2.45, 2.75) is 6.92 Å². The van der Waals surface area contributed by atoms with Crippen molar-refractivity contribution < 1.29 is 28.6 Å². The van der Waals surface area contributed by atoms with E-state index < -0.39 is 5.97 Å². The highest BCUT2D eigenvalue weighted by Crippen LogP contribution is 2.49. The molecular weight excluding hydrogens is 385 g/mol. The van der Waals surface area contributed by atoms with Crippen LogP contribution in [0.4, 0.5) is 0 Å². The predicted octanol–water partition coefficient (Wildman–Crippen LogP) is 3.72. The first-order valence-electron chi connectivity index (χ1n) is 7.57. The molecule has 0 N–H and O–H groups in total. The average Bonchev–Trinajstić information content (AvgIpc) is 2.90. The van der Waals surface area contributed by atoms with E-state index in [4.69, 9.17) is 47.0 Å². The van der Waals surface area contributed by atoms with Gasteiger partial charge in [-0.2, -0.15) is 4.73 Å². The molecule has 0 fully saturated rings. The largest absolute Gasteiger partial charge is 0.493 e. The number of rotatable bonds is 7. The van der Waals surface area contributed by atoms with E-state index in [1.165, 1.54) is 28.4 Å². The summed E-state index contributed by atoms with van der Waals surface area (Å²) in [5.74, 6) is 0.519. The van der Waals surface area contributed by atoms with E-state index in [2.05, 4.69) is 0 Å². The summed E-state index contributed by atoms with van der Waals surface area (Å²) < 4.78 is 22.3. The highest BCUT2D eigenvalue weighted by molar-refractivity contribution is 6.41. The summed E-state index contributed by atoms with van der Waals surface area (Å²) >= 11 is 12.9. The van der Waals surface area contributed by atoms with Gasteiger partial charge in [-0.3, -0.25) is 0 Å². The van der Waals surface area contributed by atoms with E-state index >= 15 is 0 Å². The zero-order valence-corrected chi connectivity index (χ0v) is 16.5. The van der Waals surface area contributed by atoms with Crippen molar-refractivity contribution in [1.29, 1.82) is 0 Å². The van der Waals surface area contributed by atoms with Gasteiger partial charge in [0.2, 0.25) is 5.75 Å². The Hall–Kier alpha value is -2.25. The van der Waals surface area contributed by atoms with Gasteiger partial charge in [0.15, 0.2) is 22.3 Å². The first kappa shape index (κ1) is 20.1. The quantitative estimate of drug-likeness (QED) is 0.656. The normalized spacial score (nSPS) is 10.4. The van der Waals surface area contributed by atoms with Crippen LogP contribution >= 0.6 is 23.2 Å². The number of halogens is 2. The van der Waals surface area contributed by atoms with Gasteiger partial charge in [-0.1, -0.05) is 23.2 Å². The van der Waals surface area contributed by atoms with E-state index in [9.17, 15) is 4.79 Å². The second-order valence-electron chi connectivity index (χ2n) is 4.91. The Morgan fingerprint density at radius 3 is 2.19 bits per heavy atom. The molecule has 0 bridgehead atoms. The van der Waals surface area contributed by atoms with Gasteiger partial charge >= 0.3 is 5.97 Å². The fraction of sp³-hybridized carbons (Fsp3) is 0.353. The lowest BCUT2D eigenvalue weighted by Gasteiger charge is -2.15. The van der Waals surface area contributed by atoms with Gasteiger partial charge in [0.05, 0.1) is 33.0 Å². The van der Waals surface area contributed by atoms with Crippen LogP contribution in [-0.2, 0) is 4.74 Å². The van der Waals surface area contributed by atoms with E-state index in [1.807, 2.05) is 0 Å². The lowest BCUT2D eigenvalue weighted by Crippen LogP contribution is -2.16. The third kappa shape index (κ3) is 3.24. The van der Waals surface area contributed by atoms with Crippen LogP contribution in [0.3, 0.4) is 0 Å². The molecule has 1 aromatic carbocycles. The van der Waals surface area contributed by atoms with Gasteiger partial charge in [0.1, 0.15) is 7.11 Å². The van der Waals surface area contributed by atoms with Gasteiger partial charge in [-0.25, -0.2) is 4.79 Å². The molecule has 0 aliphatic rings. The van der Waals surface area contributed by atoms with Crippen molar-refractivity contribution in [2.24, 2.45) is 0 Å². The van der Waals surface area contributed by atoms with Crippen LogP contribution in [0.5, 0.6) is 17.2 Å². The van der Waals surface area contributed by atoms with Gasteiger partial charge in [-0.05, 0) is 19.1 Å². The minimum atomic E-state index is -0.660. The summed E-state index contributed by atoms with van der Waals surface area (Å²) in [5.41, 5.74) is 0.824. The van der Waals surface area contributed by atoms with Gasteiger partial charge < -0.3 is 23.8 Å². The second-order valence-corrected chi connectivity index (χ2v) is 5.64. The number of ether oxygens (including phenoxy) is 4. The van der Waals surface area contributed by atoms with Crippen LogP contribution in [0.15, 0.2) is 12.1 Å². The molecule has 0 spiro atoms. The summed E-state index contributed by atoms with van der Waals surface area (Å²) in [6.07, 6.45) is 0. The van der Waals surface area contributed by atoms with Crippen molar-refractivity contribution in [3.05, 3.63) is 28.0 Å². The molecule has 0 saturated carbocycles. The molecule has 0 aliphatic carbocycles. The standard InChI is InChI=1S/C17H19Cl2NO6/c1-6-26-17(21)13-12(18)11(16(19)20(13)25-5)9-7-8-10(22-2)15(24-4)14(9)23-3/h7-8H,6H2,1-5H3. The van der Waals surface area contributed by atoms with E-state index in [-0.39, 0.29) is 22.5 Å². The Morgan fingerprint density at radius 1 is 1.04 bits per heavy atom. The van der Waals surface area contributed by atoms with Crippen molar-refractivity contribution in [3.63, 3.8) is 0 Å². The Kier molecular flexibility index (Phi) is 6.50. The summed E-state index contributed by atoms with van der Waals surface area (Å²) in [6, 6.07) is 3.37. The molecule has 142 valence electrons. The minimum absolute atomic E-state index is 0.0205. The van der Waals surface area contributed by atoms with Crippen LogP contribution < -0.4 is 19.0 Å². The summed E-state index contributed by atoms with van der Waals surface area (Å²) in [4.78, 5) is 17.5. The molecule has 7 nitrogen and oxygen atoms in total. The zero-order chi connectivity index (χ0) is 19.4. The van der Waals surface area contributed by atoms with Crippen LogP contribution in [0.1, 0.15) is 17.4 Å². The number of methoxy groups -OCH3 is 3. The molecule has 9 heteroatoms. The number of aromatic nitrogens is 1. The number of benzene rings is 1. The van der Waals surface area contributed by atoms with E-state index in [0.717, 1.165) is 4.73 Å². The van der Waals surface area contributed by atoms with Crippen molar-refractivity contribution in [2.75, 3.05) is 35.0 Å². The molecule has 0 radical (unpaired) electrons. The number of esters is 1. The summed E-state index contributed by atoms with van der Waals surface area (Å²) in [7, 11) is 5.83. The number of nitrogens with zero attached hydrogens (tertiary/aromatic N) is 1. The Balaban J connectivity index is 2.80. The number of carbonyl (C=O) groups excluding carboxylic acids is 1. The SMILES string of the molecule is CCOC(=O)c1c(Cl)c(-c2ccc(OC)c(OC)c2OC)c(Cl)n1OC. The third-order valence-corrected chi connectivity index (χ3v) is 4.35. The third-order valence-electron chi connectivity index (χ3n) is 3.64. The monoisotopic (exact) mass is 403 g/mol. The van der Waals surface area contributed by atoms with Gasteiger partial charge in [0, 0.05) is 11.1 Å². The maximum absolute atomic E-state index is 12.3. The number of hydrogen-bond acceptors (Lipinski definition) is 6. The molecular formula is C17H19Cl2NO6. The second kappa shape index (κ2) is 8.42. The predicted molar refractivity (Wildman–Crippen MR) is 98.0 cm³/mol. The first-order chi connectivity index (χ1) is 12.5. The summed E-state index contributed by atoms with van der Waals surface area (Å²) in [6.45, 7) is 1.86. The van der Waals surface area contributed by atoms with E-state index in [0.29, 0.717) is 28.4 Å². The fourth-order valence-electron chi connectivity index (χ4n) is 2.57. The lowest BCUT2D eigenvalue weighted by molar-refractivity contribution is 0.0473. The fourth-order valence-corrected chi connectivity index (χ4v) is 3.31. The molecule has 2 aromatic rings. The van der Waals surface area contributed by atoms with Crippen LogP contribution in [0.25, 0.3) is 11.1 Å². The molecule has 1 heterocycles. The smallest absolute Gasteiger partial charge is 0.360 e. The Bertz CT molecular complexity index is 818. The van der Waals surface area contributed by atoms with Gasteiger partial charge in [-0.15, -0.1) is 0 Å². The number of hydrogen-bond donors (Lipinski definition) is 0. The number of carbonyl (C=O) groups is 1. The minimum Gasteiger partial charge on any atom is -0.493 e. The molecule has 0 amide bonds. The molecule has 26 heavy (non-hydrogen) atoms. The average molecular weight is 404 g/mol. The first-order valence-corrected chi connectivity index (χ1v) is 8.32. The maximum atomic E-state index is 12.3. The molecule has 0 aliphatic heterocycles. The van der Waals surface area contributed by atoms with E-state index in [1.54, 1.807) is 19.1 Å². The molecule has 2 rings (SSSR count). The highest BCUT2D eigenvalue weighted by atomic mass is 35.5. The van der Waals surface area contributed by atoms with Crippen molar-refractivity contribution in [1.82, 2.24) is 4.73 Å². The Morgan fingerprint density at radius 2 is 1.69 bits per heavy atom. The van der Waals surface area contributed by atoms with Crippen molar-refractivity contribution >= 4 is 29.2 Å². The van der Waals surface area contributed by atoms with Gasteiger partial charge in [0.25, 0.3) is 0 Å². The molecule has 0 saturated heterocycles. The topological polar surface area (TPSA) is 68.2 Å². The molecule has 0 unspecified atom stereocenters.